The van der Waals surface area contributed by atoms with E-state index in [-0.39, 0.29) is 18.3 Å². The molecule has 0 aliphatic carbocycles. The highest BCUT2D eigenvalue weighted by Gasteiger charge is 2.25. The van der Waals surface area contributed by atoms with Crippen molar-refractivity contribution >= 4 is 5.91 Å². The minimum atomic E-state index is -0.324. The van der Waals surface area contributed by atoms with Crippen LogP contribution >= 0.6 is 0 Å². The predicted molar refractivity (Wildman–Crippen MR) is 87.2 cm³/mol. The lowest BCUT2D eigenvalue weighted by Crippen LogP contribution is -2.40. The molecule has 0 radical (unpaired) electrons. The molecule has 6 heteroatoms. The fourth-order valence-electron chi connectivity index (χ4n) is 2.87. The molecule has 2 aromatic rings. The molecule has 1 aromatic heterocycles. The van der Waals surface area contributed by atoms with Gasteiger partial charge in [-0.05, 0) is 44.0 Å². The van der Waals surface area contributed by atoms with Crippen molar-refractivity contribution < 1.29 is 13.9 Å². The van der Waals surface area contributed by atoms with E-state index in [9.17, 15) is 9.18 Å². The molecule has 5 nitrogen and oxygen atoms in total. The van der Waals surface area contributed by atoms with E-state index < -0.39 is 0 Å². The third-order valence-electron chi connectivity index (χ3n) is 4.22. The van der Waals surface area contributed by atoms with E-state index in [1.165, 1.54) is 24.3 Å². The van der Waals surface area contributed by atoms with E-state index in [0.717, 1.165) is 24.2 Å². The monoisotopic (exact) mass is 329 g/mol. The lowest BCUT2D eigenvalue weighted by molar-refractivity contribution is -0.134. The molecule has 1 amide bonds. The Morgan fingerprint density at radius 3 is 2.62 bits per heavy atom. The minimum absolute atomic E-state index is 0.0272. The van der Waals surface area contributed by atoms with Crippen molar-refractivity contribution in [2.45, 2.75) is 25.7 Å². The van der Waals surface area contributed by atoms with Gasteiger partial charge in [0, 0.05) is 31.4 Å². The molecule has 1 aromatic carbocycles. The topological polar surface area (TPSA) is 55.3 Å². The summed E-state index contributed by atoms with van der Waals surface area (Å²) in [5.41, 5.74) is 1.92. The van der Waals surface area contributed by atoms with Crippen molar-refractivity contribution in [3.8, 4) is 5.75 Å². The van der Waals surface area contributed by atoms with Gasteiger partial charge in [0.25, 0.3) is 5.91 Å². The van der Waals surface area contributed by atoms with Crippen LogP contribution in [0.2, 0.25) is 0 Å². The molecule has 3 rings (SSSR count). The fourth-order valence-corrected chi connectivity index (χ4v) is 2.87. The van der Waals surface area contributed by atoms with Crippen LogP contribution in [0.5, 0.6) is 5.75 Å². The molecule has 0 spiro atoms. The molecule has 2 heterocycles. The Hall–Kier alpha value is -2.50. The Bertz CT molecular complexity index is 698. The van der Waals surface area contributed by atoms with E-state index in [1.807, 2.05) is 18.0 Å². The molecule has 0 unspecified atom stereocenters. The number of carbonyl (C=O) groups is 1. The molecule has 0 bridgehead atoms. The number of aromatic nitrogens is 2. The number of likely N-dealkylation sites (tertiary alicyclic amines) is 1. The number of halogens is 1. The van der Waals surface area contributed by atoms with Crippen LogP contribution in [0.1, 0.15) is 30.1 Å². The number of nitrogens with zero attached hydrogens (tertiary/aromatic N) is 3. The van der Waals surface area contributed by atoms with Crippen LogP contribution in [0, 0.1) is 12.7 Å². The molecular weight excluding hydrogens is 309 g/mol. The van der Waals surface area contributed by atoms with Crippen molar-refractivity contribution in [3.63, 3.8) is 0 Å². The first-order chi connectivity index (χ1) is 11.6. The first-order valence-corrected chi connectivity index (χ1v) is 8.06. The van der Waals surface area contributed by atoms with E-state index in [2.05, 4.69) is 9.97 Å². The molecule has 0 saturated carbocycles. The Labute approximate surface area is 140 Å². The van der Waals surface area contributed by atoms with Crippen LogP contribution in [-0.2, 0) is 4.79 Å². The number of aryl methyl sites for hydroxylation is 1. The van der Waals surface area contributed by atoms with Gasteiger partial charge >= 0.3 is 0 Å². The number of ether oxygens (including phenoxy) is 1. The van der Waals surface area contributed by atoms with E-state index in [0.29, 0.717) is 24.8 Å². The van der Waals surface area contributed by atoms with Gasteiger partial charge in [-0.15, -0.1) is 0 Å². The number of amides is 1. The van der Waals surface area contributed by atoms with Gasteiger partial charge in [-0.25, -0.2) is 4.39 Å². The highest BCUT2D eigenvalue weighted by Crippen LogP contribution is 2.26. The number of carbonyl (C=O) groups excluding carboxylic acids is 1. The summed E-state index contributed by atoms with van der Waals surface area (Å²) < 4.78 is 18.3. The first kappa shape index (κ1) is 16.4. The molecule has 0 atom stereocenters. The summed E-state index contributed by atoms with van der Waals surface area (Å²) in [7, 11) is 0. The van der Waals surface area contributed by atoms with Gasteiger partial charge in [0.05, 0.1) is 11.4 Å². The van der Waals surface area contributed by atoms with Crippen LogP contribution in [0.15, 0.2) is 36.7 Å². The SMILES string of the molecule is Cc1cncc(C2CCN(C(=O)COc3ccc(F)cc3)CC2)n1. The number of hydrogen-bond acceptors (Lipinski definition) is 4. The highest BCUT2D eigenvalue weighted by atomic mass is 19.1. The maximum absolute atomic E-state index is 12.8. The lowest BCUT2D eigenvalue weighted by atomic mass is 9.93. The standard InChI is InChI=1S/C18H20FN3O2/c1-13-10-20-11-17(21-13)14-6-8-22(9-7-14)18(23)12-24-16-4-2-15(19)3-5-16/h2-5,10-11,14H,6-9,12H2,1H3. The number of rotatable bonds is 4. The van der Waals surface area contributed by atoms with Crippen LogP contribution in [-0.4, -0.2) is 40.5 Å². The Kier molecular flexibility index (Phi) is 5.03. The van der Waals surface area contributed by atoms with Crippen LogP contribution < -0.4 is 4.74 Å². The van der Waals surface area contributed by atoms with Crippen LogP contribution in [0.3, 0.4) is 0 Å². The summed E-state index contributed by atoms with van der Waals surface area (Å²) in [5, 5.41) is 0. The first-order valence-electron chi connectivity index (χ1n) is 8.06. The van der Waals surface area contributed by atoms with Gasteiger partial charge in [-0.2, -0.15) is 0 Å². The average Bonchev–Trinajstić information content (AvgIpc) is 2.61. The number of hydrogen-bond donors (Lipinski definition) is 0. The molecule has 126 valence electrons. The maximum Gasteiger partial charge on any atom is 0.260 e. The van der Waals surface area contributed by atoms with Gasteiger partial charge in [0.15, 0.2) is 6.61 Å². The highest BCUT2D eigenvalue weighted by molar-refractivity contribution is 5.77. The zero-order chi connectivity index (χ0) is 16.9. The van der Waals surface area contributed by atoms with Crippen molar-refractivity contribution in [1.82, 2.24) is 14.9 Å². The maximum atomic E-state index is 12.8. The van der Waals surface area contributed by atoms with Gasteiger partial charge in [-0.3, -0.25) is 14.8 Å². The lowest BCUT2D eigenvalue weighted by Gasteiger charge is -2.31. The molecule has 24 heavy (non-hydrogen) atoms. The summed E-state index contributed by atoms with van der Waals surface area (Å²) in [6.07, 6.45) is 5.31. The predicted octanol–water partition coefficient (Wildman–Crippen LogP) is 2.71. The van der Waals surface area contributed by atoms with Crippen molar-refractivity contribution in [3.05, 3.63) is 53.9 Å². The number of piperidine rings is 1. The molecule has 0 N–H and O–H groups in total. The zero-order valence-electron chi connectivity index (χ0n) is 13.6. The zero-order valence-corrected chi connectivity index (χ0v) is 13.6. The van der Waals surface area contributed by atoms with Gasteiger partial charge < -0.3 is 9.64 Å². The summed E-state index contributed by atoms with van der Waals surface area (Å²) in [5.74, 6) is 0.470. The second-order valence-corrected chi connectivity index (χ2v) is 5.98. The Balaban J connectivity index is 1.49. The molecule has 1 saturated heterocycles. The van der Waals surface area contributed by atoms with Crippen LogP contribution in [0.4, 0.5) is 4.39 Å². The molecule has 1 aliphatic rings. The summed E-state index contributed by atoms with van der Waals surface area (Å²) in [6, 6.07) is 5.67. The Morgan fingerprint density at radius 2 is 1.96 bits per heavy atom. The minimum Gasteiger partial charge on any atom is -0.484 e. The van der Waals surface area contributed by atoms with E-state index in [4.69, 9.17) is 4.74 Å². The number of benzene rings is 1. The second kappa shape index (κ2) is 7.38. The summed E-state index contributed by atoms with van der Waals surface area (Å²) in [6.45, 7) is 3.28. The Morgan fingerprint density at radius 1 is 1.25 bits per heavy atom. The van der Waals surface area contributed by atoms with Crippen molar-refractivity contribution in [2.24, 2.45) is 0 Å². The smallest absolute Gasteiger partial charge is 0.260 e. The van der Waals surface area contributed by atoms with Crippen LogP contribution in [0.25, 0.3) is 0 Å². The summed E-state index contributed by atoms with van der Waals surface area (Å²) >= 11 is 0. The summed E-state index contributed by atoms with van der Waals surface area (Å²) in [4.78, 5) is 22.8. The van der Waals surface area contributed by atoms with E-state index >= 15 is 0 Å². The molecular formula is C18H20FN3O2. The average molecular weight is 329 g/mol. The van der Waals surface area contributed by atoms with Gasteiger partial charge in [-0.1, -0.05) is 0 Å². The molecule has 1 aliphatic heterocycles. The third kappa shape index (κ3) is 4.07. The molecule has 1 fully saturated rings. The normalized spacial score (nSPS) is 15.3. The van der Waals surface area contributed by atoms with Gasteiger partial charge in [0.2, 0.25) is 0 Å². The third-order valence-corrected chi connectivity index (χ3v) is 4.22. The van der Waals surface area contributed by atoms with Crippen molar-refractivity contribution in [2.75, 3.05) is 19.7 Å². The quantitative estimate of drug-likeness (QED) is 0.865. The van der Waals surface area contributed by atoms with Gasteiger partial charge in [0.1, 0.15) is 11.6 Å². The van der Waals surface area contributed by atoms with Crippen molar-refractivity contribution in [1.29, 1.82) is 0 Å². The van der Waals surface area contributed by atoms with E-state index in [1.54, 1.807) is 6.20 Å². The second-order valence-electron chi connectivity index (χ2n) is 5.98. The largest absolute Gasteiger partial charge is 0.484 e. The fraction of sp³-hybridized carbons (Fsp3) is 0.389.